The summed E-state index contributed by atoms with van der Waals surface area (Å²) < 4.78 is 12.0. The fourth-order valence-electron chi connectivity index (χ4n) is 5.53. The number of benzene rings is 3. The van der Waals surface area contributed by atoms with Gasteiger partial charge in [0.25, 0.3) is 0 Å². The first-order chi connectivity index (χ1) is 16.7. The average molecular weight is 455 g/mol. The Morgan fingerprint density at radius 3 is 1.35 bits per heavy atom. The Bertz CT molecular complexity index is 1030. The minimum absolute atomic E-state index is 0.360. The van der Waals surface area contributed by atoms with Gasteiger partial charge in [0.2, 0.25) is 0 Å². The molecule has 1 saturated carbocycles. The van der Waals surface area contributed by atoms with Gasteiger partial charge in [-0.15, -0.1) is 0 Å². The molecule has 3 aromatic carbocycles. The van der Waals surface area contributed by atoms with Crippen LogP contribution in [0.5, 0.6) is 0 Å². The monoisotopic (exact) mass is 454 g/mol. The number of hydrogen-bond donors (Lipinski definition) is 0. The molecular formula is C30H30O4. The summed E-state index contributed by atoms with van der Waals surface area (Å²) in [4.78, 5) is 25.8. The molecule has 0 N–H and O–H groups in total. The van der Waals surface area contributed by atoms with E-state index in [1.165, 1.54) is 11.1 Å². The Hall–Kier alpha value is -3.40. The number of esters is 2. The number of carbonyl (C=O) groups excluding carboxylic acids is 2. The van der Waals surface area contributed by atoms with Crippen molar-refractivity contribution < 1.29 is 19.1 Å². The third-order valence-corrected chi connectivity index (χ3v) is 7.37. The van der Waals surface area contributed by atoms with Gasteiger partial charge >= 0.3 is 11.9 Å². The Morgan fingerprint density at radius 1 is 0.559 bits per heavy atom. The lowest BCUT2D eigenvalue weighted by atomic mass is 9.70. The van der Waals surface area contributed by atoms with E-state index in [1.54, 1.807) is 24.3 Å². The molecule has 0 aliphatic heterocycles. The highest BCUT2D eigenvalue weighted by atomic mass is 16.6. The third-order valence-electron chi connectivity index (χ3n) is 7.37. The molecule has 4 heteroatoms. The lowest BCUT2D eigenvalue weighted by Crippen LogP contribution is -2.44. The number of carbonyl (C=O) groups is 2. The van der Waals surface area contributed by atoms with E-state index in [4.69, 9.17) is 9.47 Å². The summed E-state index contributed by atoms with van der Waals surface area (Å²) in [6, 6.07) is 26.8. The summed E-state index contributed by atoms with van der Waals surface area (Å²) in [5.74, 6) is 0.157. The predicted octanol–water partition coefficient (Wildman–Crippen LogP) is 6.04. The van der Waals surface area contributed by atoms with Crippen LogP contribution in [0.4, 0.5) is 0 Å². The van der Waals surface area contributed by atoms with Gasteiger partial charge in [0, 0.05) is 0 Å². The molecule has 0 amide bonds. The Kier molecular flexibility index (Phi) is 6.75. The molecule has 2 aliphatic rings. The molecule has 0 saturated heterocycles. The summed E-state index contributed by atoms with van der Waals surface area (Å²) in [7, 11) is 0. The first-order valence-electron chi connectivity index (χ1n) is 12.3. The Morgan fingerprint density at radius 2 is 0.941 bits per heavy atom. The zero-order valence-electron chi connectivity index (χ0n) is 19.3. The van der Waals surface area contributed by atoms with Gasteiger partial charge in [0.15, 0.2) is 0 Å². The minimum Gasteiger partial charge on any atom is -0.455 e. The molecular weight excluding hydrogens is 424 g/mol. The molecule has 4 unspecified atom stereocenters. The van der Waals surface area contributed by atoms with E-state index in [1.807, 2.05) is 36.4 Å². The van der Waals surface area contributed by atoms with Crippen molar-refractivity contribution in [3.05, 3.63) is 107 Å². The summed E-state index contributed by atoms with van der Waals surface area (Å²) in [5, 5.41) is 0. The van der Waals surface area contributed by atoms with E-state index in [9.17, 15) is 9.59 Å². The van der Waals surface area contributed by atoms with Gasteiger partial charge in [0.1, 0.15) is 12.2 Å². The van der Waals surface area contributed by atoms with Gasteiger partial charge in [-0.2, -0.15) is 0 Å². The summed E-state index contributed by atoms with van der Waals surface area (Å²) in [6.45, 7) is 0. The van der Waals surface area contributed by atoms with Crippen molar-refractivity contribution in [3.63, 3.8) is 0 Å². The molecule has 0 radical (unpaired) electrons. The number of ether oxygens (including phenoxy) is 2. The van der Waals surface area contributed by atoms with Crippen LogP contribution >= 0.6 is 0 Å². The second kappa shape index (κ2) is 10.3. The van der Waals surface area contributed by atoms with Crippen molar-refractivity contribution in [1.29, 1.82) is 0 Å². The fourth-order valence-corrected chi connectivity index (χ4v) is 5.53. The standard InChI is InChI=1S/C30H30O4/c31-29(23-11-3-1-4-12-23)33-27-19-25-17-15-21-9-7-8-10-22(21)16-18-26(25)20-28(27)34-30(32)24-13-5-2-6-14-24/h1-14,25-28H,15-20H2. The Balaban J connectivity index is 1.36. The van der Waals surface area contributed by atoms with Crippen molar-refractivity contribution in [1.82, 2.24) is 0 Å². The van der Waals surface area contributed by atoms with Crippen LogP contribution in [0.1, 0.15) is 57.5 Å². The molecule has 5 rings (SSSR count). The maximum Gasteiger partial charge on any atom is 0.338 e. The highest BCUT2D eigenvalue weighted by molar-refractivity contribution is 5.90. The fraction of sp³-hybridized carbons (Fsp3) is 0.333. The molecule has 0 heterocycles. The maximum absolute atomic E-state index is 12.9. The molecule has 3 aromatic rings. The first kappa shape index (κ1) is 22.4. The van der Waals surface area contributed by atoms with Gasteiger partial charge < -0.3 is 9.47 Å². The van der Waals surface area contributed by atoms with Crippen molar-refractivity contribution in [3.8, 4) is 0 Å². The van der Waals surface area contributed by atoms with Crippen LogP contribution in [0, 0.1) is 11.8 Å². The molecule has 4 atom stereocenters. The summed E-state index contributed by atoms with van der Waals surface area (Å²) in [5.41, 5.74) is 3.89. The SMILES string of the molecule is O=C(OC1CC2CCc3ccccc3CCC2CC1OC(=O)c1ccccc1)c1ccccc1. The topological polar surface area (TPSA) is 52.6 Å². The van der Waals surface area contributed by atoms with E-state index in [-0.39, 0.29) is 11.9 Å². The van der Waals surface area contributed by atoms with Crippen molar-refractivity contribution in [2.45, 2.75) is 50.7 Å². The van der Waals surface area contributed by atoms with E-state index in [2.05, 4.69) is 24.3 Å². The Labute approximate surface area is 200 Å². The normalized spacial score (nSPS) is 24.0. The van der Waals surface area contributed by atoms with E-state index in [0.717, 1.165) is 38.5 Å². The maximum atomic E-state index is 12.9. The van der Waals surface area contributed by atoms with Crippen molar-refractivity contribution in [2.75, 3.05) is 0 Å². The highest BCUT2D eigenvalue weighted by Gasteiger charge is 2.41. The van der Waals surface area contributed by atoms with Crippen molar-refractivity contribution in [2.24, 2.45) is 11.8 Å². The van der Waals surface area contributed by atoms with Crippen LogP contribution in [-0.4, -0.2) is 24.1 Å². The highest BCUT2D eigenvalue weighted by Crippen LogP contribution is 2.41. The molecule has 34 heavy (non-hydrogen) atoms. The van der Waals surface area contributed by atoms with E-state index in [0.29, 0.717) is 23.0 Å². The van der Waals surface area contributed by atoms with Crippen LogP contribution in [-0.2, 0) is 22.3 Å². The molecule has 0 bridgehead atoms. The van der Waals surface area contributed by atoms with Gasteiger partial charge in [-0.1, -0.05) is 60.7 Å². The summed E-state index contributed by atoms with van der Waals surface area (Å²) >= 11 is 0. The van der Waals surface area contributed by atoms with Gasteiger partial charge in [0.05, 0.1) is 11.1 Å². The lowest BCUT2D eigenvalue weighted by molar-refractivity contribution is -0.0768. The predicted molar refractivity (Wildman–Crippen MR) is 131 cm³/mol. The van der Waals surface area contributed by atoms with Crippen molar-refractivity contribution >= 4 is 11.9 Å². The largest absolute Gasteiger partial charge is 0.455 e. The molecule has 2 aliphatic carbocycles. The summed E-state index contributed by atoms with van der Waals surface area (Å²) in [6.07, 6.45) is 4.72. The van der Waals surface area contributed by atoms with Gasteiger partial charge in [-0.05, 0) is 85.8 Å². The van der Waals surface area contributed by atoms with E-state index >= 15 is 0 Å². The zero-order valence-corrected chi connectivity index (χ0v) is 19.3. The van der Waals surface area contributed by atoms with Gasteiger partial charge in [-0.3, -0.25) is 0 Å². The third kappa shape index (κ3) is 5.06. The van der Waals surface area contributed by atoms with Crippen LogP contribution in [0.3, 0.4) is 0 Å². The second-order valence-corrected chi connectivity index (χ2v) is 9.46. The van der Waals surface area contributed by atoms with Crippen LogP contribution in [0.2, 0.25) is 0 Å². The smallest absolute Gasteiger partial charge is 0.338 e. The van der Waals surface area contributed by atoms with Gasteiger partial charge in [-0.25, -0.2) is 9.59 Å². The molecule has 174 valence electrons. The molecule has 4 nitrogen and oxygen atoms in total. The number of fused-ring (bicyclic) bond motifs is 2. The lowest BCUT2D eigenvalue weighted by Gasteiger charge is -2.41. The second-order valence-electron chi connectivity index (χ2n) is 9.46. The minimum atomic E-state index is -0.448. The van der Waals surface area contributed by atoms with E-state index < -0.39 is 12.2 Å². The van der Waals surface area contributed by atoms with Crippen LogP contribution in [0.15, 0.2) is 84.9 Å². The quantitative estimate of drug-likeness (QED) is 0.451. The number of rotatable bonds is 4. The first-order valence-corrected chi connectivity index (χ1v) is 12.3. The van der Waals surface area contributed by atoms with Crippen LogP contribution in [0.25, 0.3) is 0 Å². The molecule has 0 aromatic heterocycles. The van der Waals surface area contributed by atoms with Crippen LogP contribution < -0.4 is 0 Å². The molecule has 0 spiro atoms. The zero-order chi connectivity index (χ0) is 23.3. The average Bonchev–Trinajstić information content (AvgIpc) is 2.87. The number of hydrogen-bond acceptors (Lipinski definition) is 4. The number of aryl methyl sites for hydroxylation is 2. The molecule has 1 fully saturated rings.